The summed E-state index contributed by atoms with van der Waals surface area (Å²) < 4.78 is 7.25. The number of benzene rings is 1. The van der Waals surface area contributed by atoms with Crippen molar-refractivity contribution in [1.29, 1.82) is 0 Å². The molecule has 2 bridgehead atoms. The fraction of sp³-hybridized carbons (Fsp3) is 0.348. The molecule has 0 aliphatic carbocycles. The highest BCUT2D eigenvalue weighted by molar-refractivity contribution is 5.60. The third-order valence-corrected chi connectivity index (χ3v) is 6.12. The molecule has 2 unspecified atom stereocenters. The molecule has 2 atom stereocenters. The number of ether oxygens (including phenoxy) is 1. The molecule has 2 aliphatic heterocycles. The highest BCUT2D eigenvalue weighted by Crippen LogP contribution is 2.36. The Bertz CT molecular complexity index is 1060. The average molecular weight is 388 g/mol. The molecule has 1 fully saturated rings. The molecule has 0 radical (unpaired) electrons. The Hall–Kier alpha value is -2.99. The van der Waals surface area contributed by atoms with Gasteiger partial charge in [-0.25, -0.2) is 9.97 Å². The van der Waals surface area contributed by atoms with Crippen molar-refractivity contribution in [2.45, 2.75) is 25.4 Å². The number of nitrogens with zero attached hydrogens (tertiary/aromatic N) is 4. The molecule has 2 aliphatic rings. The molecule has 5 rings (SSSR count). The summed E-state index contributed by atoms with van der Waals surface area (Å²) in [6.07, 6.45) is 6.06. The van der Waals surface area contributed by atoms with E-state index in [-0.39, 0.29) is 5.56 Å². The van der Waals surface area contributed by atoms with E-state index in [9.17, 15) is 4.79 Å². The van der Waals surface area contributed by atoms with Gasteiger partial charge in [0.2, 0.25) is 0 Å². The quantitative estimate of drug-likeness (QED) is 0.688. The van der Waals surface area contributed by atoms with Crippen molar-refractivity contribution >= 4 is 0 Å². The van der Waals surface area contributed by atoms with Crippen LogP contribution in [0.15, 0.2) is 59.9 Å². The Labute approximate surface area is 169 Å². The fourth-order valence-electron chi connectivity index (χ4n) is 4.82. The molecule has 2 aromatic heterocycles. The molecule has 6 heteroatoms. The van der Waals surface area contributed by atoms with E-state index >= 15 is 0 Å². The van der Waals surface area contributed by atoms with Crippen LogP contribution in [0, 0.1) is 5.92 Å². The zero-order valence-electron chi connectivity index (χ0n) is 16.5. The first-order valence-electron chi connectivity index (χ1n) is 10.1. The van der Waals surface area contributed by atoms with E-state index in [4.69, 9.17) is 4.74 Å². The van der Waals surface area contributed by atoms with Crippen LogP contribution in [0.25, 0.3) is 11.1 Å². The van der Waals surface area contributed by atoms with Crippen molar-refractivity contribution in [2.75, 3.05) is 20.2 Å². The van der Waals surface area contributed by atoms with E-state index in [1.165, 1.54) is 11.9 Å². The maximum Gasteiger partial charge on any atom is 0.258 e. The predicted octanol–water partition coefficient (Wildman–Crippen LogP) is 2.93. The second-order valence-corrected chi connectivity index (χ2v) is 8.06. The first-order valence-corrected chi connectivity index (χ1v) is 10.1. The van der Waals surface area contributed by atoms with E-state index in [0.717, 1.165) is 49.6 Å². The standard InChI is InChI=1S/C23H24N4O2/c1-29-20-4-2-16(3-5-20)11-26-12-17-8-18(14-26)22-7-6-21(23(28)27(22)13-17)19-9-24-15-25-10-19/h2-7,9-10,15,17-18H,8,11-14H2,1H3. The minimum absolute atomic E-state index is 0.0793. The molecular weight excluding hydrogens is 364 g/mol. The van der Waals surface area contributed by atoms with Crippen LogP contribution in [-0.2, 0) is 13.1 Å². The van der Waals surface area contributed by atoms with Crippen molar-refractivity contribution in [2.24, 2.45) is 5.92 Å². The number of piperidine rings is 1. The van der Waals surface area contributed by atoms with Gasteiger partial charge in [-0.05, 0) is 42.2 Å². The summed E-state index contributed by atoms with van der Waals surface area (Å²) in [6.45, 7) is 3.72. The molecule has 29 heavy (non-hydrogen) atoms. The number of likely N-dealkylation sites (tertiary alicyclic amines) is 1. The van der Waals surface area contributed by atoms with Crippen LogP contribution in [0.5, 0.6) is 5.75 Å². The van der Waals surface area contributed by atoms with Crippen LogP contribution in [0.4, 0.5) is 0 Å². The van der Waals surface area contributed by atoms with Crippen molar-refractivity contribution in [3.8, 4) is 16.9 Å². The molecule has 1 saturated heterocycles. The third-order valence-electron chi connectivity index (χ3n) is 6.12. The molecule has 3 aromatic rings. The largest absolute Gasteiger partial charge is 0.497 e. The topological polar surface area (TPSA) is 60.2 Å². The summed E-state index contributed by atoms with van der Waals surface area (Å²) in [5.74, 6) is 1.78. The zero-order valence-corrected chi connectivity index (χ0v) is 16.5. The van der Waals surface area contributed by atoms with Crippen molar-refractivity contribution < 1.29 is 4.74 Å². The number of rotatable bonds is 4. The Morgan fingerprint density at radius 1 is 1.03 bits per heavy atom. The second kappa shape index (κ2) is 7.44. The number of methoxy groups -OCH3 is 1. The van der Waals surface area contributed by atoms with Gasteiger partial charge in [-0.1, -0.05) is 12.1 Å². The van der Waals surface area contributed by atoms with Gasteiger partial charge in [-0.2, -0.15) is 0 Å². The van der Waals surface area contributed by atoms with Crippen molar-refractivity contribution in [3.05, 3.63) is 76.7 Å². The predicted molar refractivity (Wildman–Crippen MR) is 111 cm³/mol. The molecule has 0 spiro atoms. The van der Waals surface area contributed by atoms with E-state index in [2.05, 4.69) is 33.1 Å². The molecule has 4 heterocycles. The molecule has 6 nitrogen and oxygen atoms in total. The minimum atomic E-state index is 0.0793. The maximum absolute atomic E-state index is 13.2. The van der Waals surface area contributed by atoms with Gasteiger partial charge in [0, 0.05) is 55.7 Å². The second-order valence-electron chi connectivity index (χ2n) is 8.06. The van der Waals surface area contributed by atoms with Crippen LogP contribution in [0.2, 0.25) is 0 Å². The monoisotopic (exact) mass is 388 g/mol. The zero-order chi connectivity index (χ0) is 19.8. The number of pyridine rings is 1. The Balaban J connectivity index is 1.39. The summed E-state index contributed by atoms with van der Waals surface area (Å²) in [6, 6.07) is 12.4. The lowest BCUT2D eigenvalue weighted by Gasteiger charge is -2.43. The molecule has 0 saturated carbocycles. The molecular formula is C23H24N4O2. The summed E-state index contributed by atoms with van der Waals surface area (Å²) in [5.41, 5.74) is 4.00. The number of fused-ring (bicyclic) bond motifs is 4. The van der Waals surface area contributed by atoms with Crippen LogP contribution < -0.4 is 10.3 Å². The highest BCUT2D eigenvalue weighted by Gasteiger charge is 2.35. The summed E-state index contributed by atoms with van der Waals surface area (Å²) >= 11 is 0. The van der Waals surface area contributed by atoms with Gasteiger partial charge in [0.1, 0.15) is 12.1 Å². The highest BCUT2D eigenvalue weighted by atomic mass is 16.5. The van der Waals surface area contributed by atoms with Crippen LogP contribution in [0.3, 0.4) is 0 Å². The van der Waals surface area contributed by atoms with Crippen LogP contribution >= 0.6 is 0 Å². The van der Waals surface area contributed by atoms with E-state index in [0.29, 0.717) is 17.4 Å². The first-order chi connectivity index (χ1) is 14.2. The minimum Gasteiger partial charge on any atom is -0.497 e. The summed E-state index contributed by atoms with van der Waals surface area (Å²) in [4.78, 5) is 23.8. The van der Waals surface area contributed by atoms with Gasteiger partial charge < -0.3 is 9.30 Å². The first kappa shape index (κ1) is 18.1. The molecule has 1 aromatic carbocycles. The summed E-state index contributed by atoms with van der Waals surface area (Å²) in [7, 11) is 1.69. The van der Waals surface area contributed by atoms with Crippen molar-refractivity contribution in [3.63, 3.8) is 0 Å². The van der Waals surface area contributed by atoms with Gasteiger partial charge in [-0.15, -0.1) is 0 Å². The lowest BCUT2D eigenvalue weighted by atomic mass is 9.82. The fourth-order valence-corrected chi connectivity index (χ4v) is 4.82. The molecule has 0 N–H and O–H groups in total. The lowest BCUT2D eigenvalue weighted by Crippen LogP contribution is -2.46. The van der Waals surface area contributed by atoms with E-state index in [1.54, 1.807) is 19.5 Å². The van der Waals surface area contributed by atoms with E-state index in [1.807, 2.05) is 22.8 Å². The van der Waals surface area contributed by atoms with Gasteiger partial charge >= 0.3 is 0 Å². The number of hydrogen-bond acceptors (Lipinski definition) is 5. The van der Waals surface area contributed by atoms with Crippen LogP contribution in [0.1, 0.15) is 23.6 Å². The third kappa shape index (κ3) is 3.44. The van der Waals surface area contributed by atoms with Crippen molar-refractivity contribution in [1.82, 2.24) is 19.4 Å². The molecule has 0 amide bonds. The van der Waals surface area contributed by atoms with Gasteiger partial charge in [0.15, 0.2) is 0 Å². The average Bonchev–Trinajstić information content (AvgIpc) is 2.76. The van der Waals surface area contributed by atoms with Gasteiger partial charge in [0.05, 0.1) is 12.7 Å². The molecule has 148 valence electrons. The smallest absolute Gasteiger partial charge is 0.258 e. The Morgan fingerprint density at radius 3 is 2.59 bits per heavy atom. The Kier molecular flexibility index (Phi) is 4.64. The lowest BCUT2D eigenvalue weighted by molar-refractivity contribution is 0.114. The Morgan fingerprint density at radius 2 is 1.83 bits per heavy atom. The number of aromatic nitrogens is 3. The summed E-state index contributed by atoms with van der Waals surface area (Å²) in [5, 5.41) is 0. The SMILES string of the molecule is COc1ccc(CN2CC3CC(C2)c2ccc(-c4cncnc4)c(=O)n2C3)cc1. The van der Waals surface area contributed by atoms with E-state index < -0.39 is 0 Å². The number of hydrogen-bond donors (Lipinski definition) is 0. The maximum atomic E-state index is 13.2. The van der Waals surface area contributed by atoms with Gasteiger partial charge in [-0.3, -0.25) is 9.69 Å². The normalized spacial score (nSPS) is 20.9. The van der Waals surface area contributed by atoms with Crippen LogP contribution in [-0.4, -0.2) is 39.6 Å². The van der Waals surface area contributed by atoms with Gasteiger partial charge in [0.25, 0.3) is 5.56 Å².